The van der Waals surface area contributed by atoms with E-state index in [1.54, 1.807) is 13.0 Å². The Bertz CT molecular complexity index is 503. The van der Waals surface area contributed by atoms with E-state index in [1.165, 1.54) is 6.07 Å². The van der Waals surface area contributed by atoms with Gasteiger partial charge >= 0.3 is 5.69 Å². The van der Waals surface area contributed by atoms with Crippen LogP contribution in [0.15, 0.2) is 29.3 Å². The van der Waals surface area contributed by atoms with E-state index in [0.717, 1.165) is 25.7 Å². The predicted molar refractivity (Wildman–Crippen MR) is 85.6 cm³/mol. The quantitative estimate of drug-likeness (QED) is 0.305. The van der Waals surface area contributed by atoms with Crippen LogP contribution in [0.3, 0.4) is 0 Å². The first kappa shape index (κ1) is 17.7. The van der Waals surface area contributed by atoms with Crippen molar-refractivity contribution in [1.29, 1.82) is 0 Å². The van der Waals surface area contributed by atoms with E-state index in [4.69, 9.17) is 4.74 Å². The number of hydrogen-bond donors (Lipinski definition) is 1. The highest BCUT2D eigenvalue weighted by atomic mass is 79.9. The fourth-order valence-corrected chi connectivity index (χ4v) is 2.41. The van der Waals surface area contributed by atoms with E-state index in [0.29, 0.717) is 16.6 Å². The average molecular weight is 358 g/mol. The molecule has 0 aliphatic rings. The molecule has 0 heterocycles. The summed E-state index contributed by atoms with van der Waals surface area (Å²) >= 11 is 3.21. The summed E-state index contributed by atoms with van der Waals surface area (Å²) in [6.45, 7) is 5.60. The summed E-state index contributed by atoms with van der Waals surface area (Å²) in [6, 6.07) is 3.03. The molecule has 0 aliphatic carbocycles. The Labute approximate surface area is 132 Å². The predicted octanol–water partition coefficient (Wildman–Crippen LogP) is 4.54. The van der Waals surface area contributed by atoms with Crippen molar-refractivity contribution >= 4 is 21.6 Å². The van der Waals surface area contributed by atoms with Crippen LogP contribution in [0.4, 0.5) is 5.69 Å². The number of aliphatic hydroxyl groups excluding tert-OH is 1. The summed E-state index contributed by atoms with van der Waals surface area (Å²) < 4.78 is 6.12. The van der Waals surface area contributed by atoms with Crippen molar-refractivity contribution in [2.24, 2.45) is 0 Å². The SMILES string of the molecule is C=CCCCCCOc1c([C@@H](C)O)cc(Br)cc1[N+](=O)[O-]. The molecule has 0 fully saturated rings. The van der Waals surface area contributed by atoms with Gasteiger partial charge in [-0.15, -0.1) is 6.58 Å². The summed E-state index contributed by atoms with van der Waals surface area (Å²) in [6.07, 6.45) is 4.79. The van der Waals surface area contributed by atoms with Gasteiger partial charge in [0, 0.05) is 16.1 Å². The van der Waals surface area contributed by atoms with Crippen LogP contribution in [0.2, 0.25) is 0 Å². The molecule has 21 heavy (non-hydrogen) atoms. The van der Waals surface area contributed by atoms with Gasteiger partial charge in [0.15, 0.2) is 0 Å². The lowest BCUT2D eigenvalue weighted by Crippen LogP contribution is -2.05. The number of allylic oxidation sites excluding steroid dienone is 1. The minimum Gasteiger partial charge on any atom is -0.487 e. The van der Waals surface area contributed by atoms with Crippen LogP contribution in [0, 0.1) is 10.1 Å². The summed E-state index contributed by atoms with van der Waals surface area (Å²) in [5.74, 6) is 0.155. The molecule has 0 bridgehead atoms. The number of nitro benzene ring substituents is 1. The first-order chi connectivity index (χ1) is 9.97. The van der Waals surface area contributed by atoms with Crippen molar-refractivity contribution in [3.05, 3.63) is 44.9 Å². The zero-order valence-electron chi connectivity index (χ0n) is 12.0. The van der Waals surface area contributed by atoms with Crippen LogP contribution in [-0.4, -0.2) is 16.6 Å². The van der Waals surface area contributed by atoms with Crippen molar-refractivity contribution in [1.82, 2.24) is 0 Å². The van der Waals surface area contributed by atoms with Crippen molar-refractivity contribution in [2.45, 2.75) is 38.7 Å². The van der Waals surface area contributed by atoms with Crippen LogP contribution in [0.1, 0.15) is 44.3 Å². The van der Waals surface area contributed by atoms with Gasteiger partial charge in [0.25, 0.3) is 0 Å². The third-order valence-corrected chi connectivity index (χ3v) is 3.47. The summed E-state index contributed by atoms with van der Waals surface area (Å²) in [4.78, 5) is 10.6. The Morgan fingerprint density at radius 3 is 2.76 bits per heavy atom. The van der Waals surface area contributed by atoms with Gasteiger partial charge in [-0.3, -0.25) is 10.1 Å². The normalized spacial score (nSPS) is 12.0. The van der Waals surface area contributed by atoms with E-state index in [2.05, 4.69) is 22.5 Å². The molecule has 0 aliphatic heterocycles. The smallest absolute Gasteiger partial charge is 0.312 e. The first-order valence-electron chi connectivity index (χ1n) is 6.87. The second kappa shape index (κ2) is 8.79. The summed E-state index contributed by atoms with van der Waals surface area (Å²) in [5.41, 5.74) is 0.286. The van der Waals surface area contributed by atoms with Crippen LogP contribution >= 0.6 is 15.9 Å². The molecule has 6 heteroatoms. The van der Waals surface area contributed by atoms with E-state index in [1.807, 2.05) is 6.08 Å². The molecule has 0 spiro atoms. The molecule has 116 valence electrons. The fourth-order valence-electron chi connectivity index (χ4n) is 1.94. The molecule has 0 unspecified atom stereocenters. The lowest BCUT2D eigenvalue weighted by Gasteiger charge is -2.14. The highest BCUT2D eigenvalue weighted by molar-refractivity contribution is 9.10. The maximum atomic E-state index is 11.1. The van der Waals surface area contributed by atoms with Crippen molar-refractivity contribution in [3.63, 3.8) is 0 Å². The number of ether oxygens (including phenoxy) is 1. The fraction of sp³-hybridized carbons (Fsp3) is 0.467. The molecule has 0 radical (unpaired) electrons. The molecule has 1 aromatic rings. The Morgan fingerprint density at radius 2 is 2.19 bits per heavy atom. The van der Waals surface area contributed by atoms with Crippen LogP contribution in [0.25, 0.3) is 0 Å². The number of rotatable bonds is 9. The van der Waals surface area contributed by atoms with Gasteiger partial charge in [0.2, 0.25) is 5.75 Å². The van der Waals surface area contributed by atoms with Crippen molar-refractivity contribution < 1.29 is 14.8 Å². The highest BCUT2D eigenvalue weighted by Gasteiger charge is 2.23. The van der Waals surface area contributed by atoms with Crippen LogP contribution in [0.5, 0.6) is 5.75 Å². The molecular weight excluding hydrogens is 338 g/mol. The van der Waals surface area contributed by atoms with Gasteiger partial charge < -0.3 is 9.84 Å². The molecular formula is C15H20BrNO4. The number of benzene rings is 1. The summed E-state index contributed by atoms with van der Waals surface area (Å²) in [7, 11) is 0. The van der Waals surface area contributed by atoms with Gasteiger partial charge in [0.05, 0.1) is 17.6 Å². The molecule has 1 aromatic carbocycles. The largest absolute Gasteiger partial charge is 0.487 e. The number of nitrogens with zero attached hydrogens (tertiary/aromatic N) is 1. The first-order valence-corrected chi connectivity index (χ1v) is 7.66. The number of nitro groups is 1. The lowest BCUT2D eigenvalue weighted by molar-refractivity contribution is -0.386. The van der Waals surface area contributed by atoms with Crippen LogP contribution < -0.4 is 4.74 Å². The second-order valence-corrected chi connectivity index (χ2v) is 5.68. The standard InChI is InChI=1S/C15H20BrNO4/c1-3-4-5-6-7-8-21-15-13(11(2)18)9-12(16)10-14(15)17(19)20/h3,9-11,18H,1,4-8H2,2H3/t11-/m1/s1. The maximum Gasteiger partial charge on any atom is 0.312 e. The zero-order valence-corrected chi connectivity index (χ0v) is 13.6. The van der Waals surface area contributed by atoms with E-state index in [9.17, 15) is 15.2 Å². The maximum absolute atomic E-state index is 11.1. The zero-order chi connectivity index (χ0) is 15.8. The Kier molecular flexibility index (Phi) is 7.39. The molecule has 1 rings (SSSR count). The average Bonchev–Trinajstić information content (AvgIpc) is 2.42. The number of hydrogen-bond acceptors (Lipinski definition) is 4. The van der Waals surface area contributed by atoms with E-state index >= 15 is 0 Å². The molecule has 5 nitrogen and oxygen atoms in total. The third kappa shape index (κ3) is 5.47. The molecule has 0 saturated carbocycles. The van der Waals surface area contributed by atoms with Gasteiger partial charge in [-0.2, -0.15) is 0 Å². The molecule has 0 aromatic heterocycles. The van der Waals surface area contributed by atoms with Gasteiger partial charge in [-0.25, -0.2) is 0 Å². The van der Waals surface area contributed by atoms with Gasteiger partial charge in [-0.1, -0.05) is 22.0 Å². The molecule has 0 saturated heterocycles. The highest BCUT2D eigenvalue weighted by Crippen LogP contribution is 2.37. The molecule has 1 atom stereocenters. The summed E-state index contributed by atoms with van der Waals surface area (Å²) in [5, 5.41) is 20.9. The number of aliphatic hydroxyl groups is 1. The minimum absolute atomic E-state index is 0.133. The molecule has 0 amide bonds. The van der Waals surface area contributed by atoms with E-state index in [-0.39, 0.29) is 11.4 Å². The monoisotopic (exact) mass is 357 g/mol. The van der Waals surface area contributed by atoms with Crippen molar-refractivity contribution in [3.8, 4) is 5.75 Å². The Balaban J connectivity index is 2.82. The number of halogens is 1. The third-order valence-electron chi connectivity index (χ3n) is 3.01. The molecule has 1 N–H and O–H groups in total. The number of unbranched alkanes of at least 4 members (excludes halogenated alkanes) is 3. The Hall–Kier alpha value is -1.40. The Morgan fingerprint density at radius 1 is 1.48 bits per heavy atom. The van der Waals surface area contributed by atoms with E-state index < -0.39 is 11.0 Å². The minimum atomic E-state index is -0.836. The van der Waals surface area contributed by atoms with Crippen molar-refractivity contribution in [2.75, 3.05) is 6.61 Å². The second-order valence-electron chi connectivity index (χ2n) is 4.76. The van der Waals surface area contributed by atoms with Gasteiger partial charge in [-0.05, 0) is 38.7 Å². The van der Waals surface area contributed by atoms with Gasteiger partial charge in [0.1, 0.15) is 0 Å². The lowest BCUT2D eigenvalue weighted by atomic mass is 10.1. The van der Waals surface area contributed by atoms with Crippen LogP contribution in [-0.2, 0) is 0 Å². The topological polar surface area (TPSA) is 72.6 Å².